The molecule has 1 aliphatic rings. The first-order valence-electron chi connectivity index (χ1n) is 4.29. The number of amides is 1. The molecule has 2 heterocycles. The van der Waals surface area contributed by atoms with E-state index in [9.17, 15) is 4.79 Å². The van der Waals surface area contributed by atoms with Gasteiger partial charge in [0.15, 0.2) is 0 Å². The molecule has 0 saturated carbocycles. The van der Waals surface area contributed by atoms with Crippen molar-refractivity contribution in [2.45, 2.75) is 13.0 Å². The minimum absolute atomic E-state index is 0.339. The van der Waals surface area contributed by atoms with Crippen LogP contribution in [0.3, 0.4) is 0 Å². The van der Waals surface area contributed by atoms with E-state index >= 15 is 0 Å². The van der Waals surface area contributed by atoms with Gasteiger partial charge in [-0.25, -0.2) is 9.78 Å². The van der Waals surface area contributed by atoms with Gasteiger partial charge in [-0.15, -0.1) is 0 Å². The lowest BCUT2D eigenvalue weighted by atomic mass is 10.1. The first-order valence-corrected chi connectivity index (χ1v) is 4.67. The van der Waals surface area contributed by atoms with Crippen LogP contribution in [-0.2, 0) is 13.0 Å². The molecule has 5 heteroatoms. The van der Waals surface area contributed by atoms with Crippen molar-refractivity contribution >= 4 is 17.7 Å². The molecule has 0 aromatic carbocycles. The van der Waals surface area contributed by atoms with E-state index in [4.69, 9.17) is 16.7 Å². The summed E-state index contributed by atoms with van der Waals surface area (Å²) >= 11 is 5.73. The summed E-state index contributed by atoms with van der Waals surface area (Å²) in [6, 6.07) is 3.64. The molecule has 4 nitrogen and oxygen atoms in total. The summed E-state index contributed by atoms with van der Waals surface area (Å²) in [4.78, 5) is 16.2. The van der Waals surface area contributed by atoms with Gasteiger partial charge in [0.05, 0.1) is 12.2 Å². The zero-order valence-corrected chi connectivity index (χ0v) is 8.16. The number of aromatic nitrogens is 1. The molecule has 1 aliphatic heterocycles. The Kier molecular flexibility index (Phi) is 2.29. The molecule has 0 fully saturated rings. The van der Waals surface area contributed by atoms with E-state index in [1.165, 1.54) is 4.90 Å². The minimum atomic E-state index is -0.905. The highest BCUT2D eigenvalue weighted by Gasteiger charge is 2.20. The van der Waals surface area contributed by atoms with Crippen molar-refractivity contribution in [1.82, 2.24) is 9.88 Å². The Bertz CT molecular complexity index is 381. The van der Waals surface area contributed by atoms with Gasteiger partial charge in [-0.05, 0) is 18.1 Å². The van der Waals surface area contributed by atoms with Crippen molar-refractivity contribution in [1.29, 1.82) is 0 Å². The highest BCUT2D eigenvalue weighted by atomic mass is 35.5. The predicted octanol–water partition coefficient (Wildman–Crippen LogP) is 1.77. The van der Waals surface area contributed by atoms with Gasteiger partial charge in [0, 0.05) is 6.54 Å². The van der Waals surface area contributed by atoms with E-state index in [0.29, 0.717) is 24.7 Å². The fraction of sp³-hybridized carbons (Fsp3) is 0.333. The van der Waals surface area contributed by atoms with Gasteiger partial charge in [0.25, 0.3) is 0 Å². The van der Waals surface area contributed by atoms with Crippen LogP contribution in [0, 0.1) is 0 Å². The van der Waals surface area contributed by atoms with Gasteiger partial charge in [-0.2, -0.15) is 0 Å². The van der Waals surface area contributed by atoms with Crippen LogP contribution in [0.1, 0.15) is 11.3 Å². The van der Waals surface area contributed by atoms with E-state index in [0.717, 1.165) is 11.3 Å². The van der Waals surface area contributed by atoms with Gasteiger partial charge < -0.3 is 10.0 Å². The molecule has 0 spiro atoms. The Labute approximate surface area is 86.1 Å². The highest BCUT2D eigenvalue weighted by molar-refractivity contribution is 6.29. The number of nitrogens with zero attached hydrogens (tertiary/aromatic N) is 2. The standard InChI is InChI=1S/C9H9ClN2O2/c10-8-2-1-6-3-4-12(9(13)14)5-7(6)11-8/h1-2H,3-5H2,(H,13,14). The van der Waals surface area contributed by atoms with Crippen LogP contribution < -0.4 is 0 Å². The molecular formula is C9H9ClN2O2. The first-order chi connectivity index (χ1) is 6.66. The van der Waals surface area contributed by atoms with E-state index in [-0.39, 0.29) is 0 Å². The molecule has 1 amide bonds. The molecule has 1 N–H and O–H groups in total. The third kappa shape index (κ3) is 1.65. The Balaban J connectivity index is 2.29. The van der Waals surface area contributed by atoms with Crippen molar-refractivity contribution in [2.75, 3.05) is 6.54 Å². The maximum atomic E-state index is 10.7. The summed E-state index contributed by atoms with van der Waals surface area (Å²) in [6.07, 6.45) is -0.191. The third-order valence-corrected chi connectivity index (χ3v) is 2.51. The molecule has 0 atom stereocenters. The monoisotopic (exact) mass is 212 g/mol. The smallest absolute Gasteiger partial charge is 0.407 e. The van der Waals surface area contributed by atoms with Gasteiger partial charge in [0.2, 0.25) is 0 Å². The lowest BCUT2D eigenvalue weighted by molar-refractivity contribution is 0.139. The SMILES string of the molecule is O=C(O)N1CCc2ccc(Cl)nc2C1. The number of rotatable bonds is 0. The van der Waals surface area contributed by atoms with Crippen LogP contribution in [0.5, 0.6) is 0 Å². The van der Waals surface area contributed by atoms with Crippen molar-refractivity contribution in [3.63, 3.8) is 0 Å². The van der Waals surface area contributed by atoms with Crippen LogP contribution >= 0.6 is 11.6 Å². The first kappa shape index (κ1) is 9.27. The van der Waals surface area contributed by atoms with Gasteiger partial charge in [0.1, 0.15) is 5.15 Å². The Morgan fingerprint density at radius 1 is 1.57 bits per heavy atom. The molecule has 14 heavy (non-hydrogen) atoms. The molecule has 0 radical (unpaired) electrons. The van der Waals surface area contributed by atoms with Gasteiger partial charge in [-0.3, -0.25) is 0 Å². The van der Waals surface area contributed by atoms with Crippen molar-refractivity contribution in [2.24, 2.45) is 0 Å². The van der Waals surface area contributed by atoms with Gasteiger partial charge >= 0.3 is 6.09 Å². The van der Waals surface area contributed by atoms with Crippen LogP contribution in [-0.4, -0.2) is 27.6 Å². The zero-order chi connectivity index (χ0) is 10.1. The number of hydrogen-bond acceptors (Lipinski definition) is 2. The lowest BCUT2D eigenvalue weighted by Crippen LogP contribution is -2.35. The summed E-state index contributed by atoms with van der Waals surface area (Å²) in [5, 5.41) is 9.21. The number of pyridine rings is 1. The topological polar surface area (TPSA) is 53.4 Å². The highest BCUT2D eigenvalue weighted by Crippen LogP contribution is 2.19. The lowest BCUT2D eigenvalue weighted by Gasteiger charge is -2.25. The van der Waals surface area contributed by atoms with Crippen molar-refractivity contribution < 1.29 is 9.90 Å². The van der Waals surface area contributed by atoms with E-state index in [1.807, 2.05) is 6.07 Å². The molecule has 74 valence electrons. The number of fused-ring (bicyclic) bond motifs is 1. The summed E-state index contributed by atoms with van der Waals surface area (Å²) in [6.45, 7) is 0.872. The van der Waals surface area contributed by atoms with Crippen LogP contribution in [0.25, 0.3) is 0 Å². The molecule has 0 bridgehead atoms. The van der Waals surface area contributed by atoms with Crippen LogP contribution in [0.15, 0.2) is 12.1 Å². The van der Waals surface area contributed by atoms with E-state index in [1.54, 1.807) is 6.07 Å². The summed E-state index contributed by atoms with van der Waals surface area (Å²) in [5.41, 5.74) is 1.86. The second-order valence-corrected chi connectivity index (χ2v) is 3.58. The van der Waals surface area contributed by atoms with E-state index < -0.39 is 6.09 Å². The van der Waals surface area contributed by atoms with Crippen LogP contribution in [0.4, 0.5) is 4.79 Å². The van der Waals surface area contributed by atoms with Crippen LogP contribution in [0.2, 0.25) is 5.15 Å². The quantitative estimate of drug-likeness (QED) is 0.667. The summed E-state index contributed by atoms with van der Waals surface area (Å²) in [5.74, 6) is 0. The van der Waals surface area contributed by atoms with Gasteiger partial charge in [-0.1, -0.05) is 17.7 Å². The average Bonchev–Trinajstić information content (AvgIpc) is 2.16. The molecule has 2 rings (SSSR count). The molecule has 0 saturated heterocycles. The predicted molar refractivity (Wildman–Crippen MR) is 51.4 cm³/mol. The number of halogens is 1. The maximum absolute atomic E-state index is 10.7. The van der Waals surface area contributed by atoms with Crippen molar-refractivity contribution in [3.8, 4) is 0 Å². The van der Waals surface area contributed by atoms with E-state index in [2.05, 4.69) is 4.98 Å². The fourth-order valence-electron chi connectivity index (χ4n) is 1.55. The second-order valence-electron chi connectivity index (χ2n) is 3.19. The average molecular weight is 213 g/mol. The Morgan fingerprint density at radius 2 is 2.36 bits per heavy atom. The molecule has 1 aromatic rings. The third-order valence-electron chi connectivity index (χ3n) is 2.30. The summed E-state index contributed by atoms with van der Waals surface area (Å²) < 4.78 is 0. The number of carbonyl (C=O) groups is 1. The fourth-order valence-corrected chi connectivity index (χ4v) is 1.71. The Morgan fingerprint density at radius 3 is 3.07 bits per heavy atom. The number of hydrogen-bond donors (Lipinski definition) is 1. The Hall–Kier alpha value is -1.29. The van der Waals surface area contributed by atoms with Crippen molar-refractivity contribution in [3.05, 3.63) is 28.5 Å². The normalized spacial score (nSPS) is 15.1. The maximum Gasteiger partial charge on any atom is 0.407 e. The molecule has 0 unspecified atom stereocenters. The second kappa shape index (κ2) is 3.46. The molecule has 0 aliphatic carbocycles. The largest absolute Gasteiger partial charge is 0.465 e. The zero-order valence-electron chi connectivity index (χ0n) is 7.40. The molecule has 1 aromatic heterocycles. The number of carboxylic acid groups (broad SMARTS) is 1. The molecular weight excluding hydrogens is 204 g/mol. The summed E-state index contributed by atoms with van der Waals surface area (Å²) in [7, 11) is 0. The minimum Gasteiger partial charge on any atom is -0.465 e.